The number of likely N-dealkylation sites (tertiary alicyclic amines) is 1. The number of hydrogen-bond acceptors (Lipinski definition) is 2. The van der Waals surface area contributed by atoms with Crippen molar-refractivity contribution < 1.29 is 0 Å². The first kappa shape index (κ1) is 15.3. The second-order valence-electron chi connectivity index (χ2n) is 7.18. The third-order valence-corrected chi connectivity index (χ3v) is 4.98. The molecule has 1 aliphatic heterocycles. The Balaban J connectivity index is 1.64. The largest absolute Gasteiger partial charge is 0.316 e. The molecular formula is C17H34N2. The van der Waals surface area contributed by atoms with Crippen molar-refractivity contribution in [1.82, 2.24) is 10.2 Å². The molecule has 0 unspecified atom stereocenters. The lowest BCUT2D eigenvalue weighted by Gasteiger charge is -2.37. The maximum absolute atomic E-state index is 3.64. The zero-order valence-electron chi connectivity index (χ0n) is 13.2. The van der Waals surface area contributed by atoms with E-state index in [1.807, 2.05) is 0 Å². The summed E-state index contributed by atoms with van der Waals surface area (Å²) in [6.45, 7) is 9.74. The van der Waals surface area contributed by atoms with Gasteiger partial charge in [-0.3, -0.25) is 0 Å². The molecule has 0 bridgehead atoms. The number of hydrogen-bond donors (Lipinski definition) is 1. The summed E-state index contributed by atoms with van der Waals surface area (Å²) in [7, 11) is 0. The normalized spacial score (nSPS) is 24.8. The Morgan fingerprint density at radius 1 is 0.947 bits per heavy atom. The fraction of sp³-hybridized carbons (Fsp3) is 1.00. The Labute approximate surface area is 120 Å². The van der Waals surface area contributed by atoms with E-state index in [1.165, 1.54) is 77.5 Å². The van der Waals surface area contributed by atoms with Crippen LogP contribution in [0.3, 0.4) is 0 Å². The molecule has 0 aromatic heterocycles. The first-order chi connectivity index (χ1) is 9.25. The zero-order chi connectivity index (χ0) is 13.5. The number of piperidine rings is 1. The average molecular weight is 266 g/mol. The van der Waals surface area contributed by atoms with Crippen molar-refractivity contribution in [2.24, 2.45) is 11.8 Å². The minimum absolute atomic E-state index is 0.783. The summed E-state index contributed by atoms with van der Waals surface area (Å²) in [6, 6.07) is 0.923. The maximum atomic E-state index is 3.64. The molecule has 2 nitrogen and oxygen atoms in total. The fourth-order valence-corrected chi connectivity index (χ4v) is 3.72. The molecule has 2 heteroatoms. The molecule has 2 fully saturated rings. The highest BCUT2D eigenvalue weighted by Gasteiger charge is 2.25. The molecule has 0 aromatic rings. The van der Waals surface area contributed by atoms with Gasteiger partial charge >= 0.3 is 0 Å². The first-order valence-electron chi connectivity index (χ1n) is 8.70. The molecule has 0 radical (unpaired) electrons. The van der Waals surface area contributed by atoms with Gasteiger partial charge in [-0.1, -0.05) is 39.5 Å². The lowest BCUT2D eigenvalue weighted by atomic mass is 9.94. The summed E-state index contributed by atoms with van der Waals surface area (Å²) in [5.41, 5.74) is 0. The van der Waals surface area contributed by atoms with Gasteiger partial charge in [0.2, 0.25) is 0 Å². The van der Waals surface area contributed by atoms with Crippen LogP contribution >= 0.6 is 0 Å². The smallest absolute Gasteiger partial charge is 0.00952 e. The third kappa shape index (κ3) is 5.43. The minimum Gasteiger partial charge on any atom is -0.316 e. The summed E-state index contributed by atoms with van der Waals surface area (Å²) in [4.78, 5) is 2.81. The van der Waals surface area contributed by atoms with Crippen LogP contribution in [0.15, 0.2) is 0 Å². The van der Waals surface area contributed by atoms with Gasteiger partial charge in [0.15, 0.2) is 0 Å². The first-order valence-corrected chi connectivity index (χ1v) is 8.70. The van der Waals surface area contributed by atoms with E-state index >= 15 is 0 Å². The van der Waals surface area contributed by atoms with Gasteiger partial charge in [0.1, 0.15) is 0 Å². The van der Waals surface area contributed by atoms with Gasteiger partial charge in [0, 0.05) is 6.04 Å². The van der Waals surface area contributed by atoms with Crippen LogP contribution in [0.4, 0.5) is 0 Å². The SMILES string of the molecule is CC(C)CNCC1CCN(C2CCCCCC2)CC1. The molecule has 1 N–H and O–H groups in total. The molecule has 19 heavy (non-hydrogen) atoms. The predicted molar refractivity (Wildman–Crippen MR) is 83.5 cm³/mol. The quantitative estimate of drug-likeness (QED) is 0.764. The summed E-state index contributed by atoms with van der Waals surface area (Å²) >= 11 is 0. The molecular weight excluding hydrogens is 232 g/mol. The zero-order valence-corrected chi connectivity index (χ0v) is 13.2. The van der Waals surface area contributed by atoms with Crippen LogP contribution in [0.5, 0.6) is 0 Å². The Morgan fingerprint density at radius 3 is 2.16 bits per heavy atom. The monoisotopic (exact) mass is 266 g/mol. The Kier molecular flexibility index (Phi) is 6.66. The average Bonchev–Trinajstić information content (AvgIpc) is 2.68. The van der Waals surface area contributed by atoms with Crippen molar-refractivity contribution in [2.75, 3.05) is 26.2 Å². The summed E-state index contributed by atoms with van der Waals surface area (Å²) in [5.74, 6) is 1.71. The maximum Gasteiger partial charge on any atom is 0.00952 e. The van der Waals surface area contributed by atoms with Crippen molar-refractivity contribution in [3.63, 3.8) is 0 Å². The molecule has 112 valence electrons. The van der Waals surface area contributed by atoms with E-state index < -0.39 is 0 Å². The lowest BCUT2D eigenvalue weighted by Crippen LogP contribution is -2.43. The van der Waals surface area contributed by atoms with Crippen molar-refractivity contribution in [1.29, 1.82) is 0 Å². The van der Waals surface area contributed by atoms with Crippen LogP contribution in [-0.2, 0) is 0 Å². The topological polar surface area (TPSA) is 15.3 Å². The van der Waals surface area contributed by atoms with Crippen molar-refractivity contribution in [3.8, 4) is 0 Å². The van der Waals surface area contributed by atoms with Gasteiger partial charge < -0.3 is 10.2 Å². The van der Waals surface area contributed by atoms with E-state index in [-0.39, 0.29) is 0 Å². The molecule has 0 spiro atoms. The fourth-order valence-electron chi connectivity index (χ4n) is 3.72. The third-order valence-electron chi connectivity index (χ3n) is 4.98. The van der Waals surface area contributed by atoms with Crippen LogP contribution in [0.2, 0.25) is 0 Å². The van der Waals surface area contributed by atoms with Gasteiger partial charge in [-0.05, 0) is 63.7 Å². The van der Waals surface area contributed by atoms with E-state index in [1.54, 1.807) is 0 Å². The summed E-state index contributed by atoms with van der Waals surface area (Å²) < 4.78 is 0. The lowest BCUT2D eigenvalue weighted by molar-refractivity contribution is 0.120. The summed E-state index contributed by atoms with van der Waals surface area (Å²) in [6.07, 6.45) is 11.7. The second kappa shape index (κ2) is 8.26. The molecule has 2 rings (SSSR count). The molecule has 1 saturated carbocycles. The van der Waals surface area contributed by atoms with Gasteiger partial charge in [-0.2, -0.15) is 0 Å². The number of nitrogens with zero attached hydrogens (tertiary/aromatic N) is 1. The van der Waals surface area contributed by atoms with Crippen molar-refractivity contribution >= 4 is 0 Å². The molecule has 1 heterocycles. The highest BCUT2D eigenvalue weighted by molar-refractivity contribution is 4.80. The molecule has 2 aliphatic rings. The van der Waals surface area contributed by atoms with Gasteiger partial charge in [0.25, 0.3) is 0 Å². The van der Waals surface area contributed by atoms with Crippen molar-refractivity contribution in [2.45, 2.75) is 71.3 Å². The van der Waals surface area contributed by atoms with E-state index in [9.17, 15) is 0 Å². The molecule has 0 atom stereocenters. The molecule has 0 aromatic carbocycles. The molecule has 1 aliphatic carbocycles. The molecule has 1 saturated heterocycles. The number of nitrogens with one attached hydrogen (secondary N) is 1. The van der Waals surface area contributed by atoms with Gasteiger partial charge in [-0.15, -0.1) is 0 Å². The van der Waals surface area contributed by atoms with Crippen LogP contribution < -0.4 is 5.32 Å². The highest BCUT2D eigenvalue weighted by Crippen LogP contribution is 2.26. The Morgan fingerprint density at radius 2 is 1.58 bits per heavy atom. The van der Waals surface area contributed by atoms with Gasteiger partial charge in [-0.25, -0.2) is 0 Å². The van der Waals surface area contributed by atoms with E-state index in [0.29, 0.717) is 0 Å². The van der Waals surface area contributed by atoms with E-state index in [0.717, 1.165) is 17.9 Å². The van der Waals surface area contributed by atoms with Crippen LogP contribution in [0.25, 0.3) is 0 Å². The van der Waals surface area contributed by atoms with Crippen LogP contribution in [0, 0.1) is 11.8 Å². The van der Waals surface area contributed by atoms with Crippen molar-refractivity contribution in [3.05, 3.63) is 0 Å². The summed E-state index contributed by atoms with van der Waals surface area (Å²) in [5, 5.41) is 3.64. The Hall–Kier alpha value is -0.0800. The second-order valence-corrected chi connectivity index (χ2v) is 7.18. The van der Waals surface area contributed by atoms with Crippen LogP contribution in [0.1, 0.15) is 65.2 Å². The minimum atomic E-state index is 0.783. The van der Waals surface area contributed by atoms with Crippen LogP contribution in [-0.4, -0.2) is 37.1 Å². The Bertz CT molecular complexity index is 223. The molecule has 0 amide bonds. The highest BCUT2D eigenvalue weighted by atomic mass is 15.2. The van der Waals surface area contributed by atoms with E-state index in [2.05, 4.69) is 24.1 Å². The predicted octanol–water partition coefficient (Wildman–Crippen LogP) is 3.67. The number of rotatable bonds is 5. The standard InChI is InChI=1S/C17H34N2/c1-15(2)13-18-14-16-9-11-19(12-10-16)17-7-5-3-4-6-8-17/h15-18H,3-14H2,1-2H3. The van der Waals surface area contributed by atoms with Gasteiger partial charge in [0.05, 0.1) is 0 Å². The van der Waals surface area contributed by atoms with E-state index in [4.69, 9.17) is 0 Å².